The van der Waals surface area contributed by atoms with Crippen molar-refractivity contribution in [2.75, 3.05) is 11.9 Å². The summed E-state index contributed by atoms with van der Waals surface area (Å²) in [5.41, 5.74) is 0.307. The third-order valence-corrected chi connectivity index (χ3v) is 3.26. The minimum absolute atomic E-state index is 0.0599. The van der Waals surface area contributed by atoms with Crippen molar-refractivity contribution in [3.05, 3.63) is 64.7 Å². The molecule has 0 aliphatic heterocycles. The molecular weight excluding hydrogens is 347 g/mol. The molecule has 0 unspecified atom stereocenters. The van der Waals surface area contributed by atoms with E-state index in [4.69, 9.17) is 4.74 Å². The van der Waals surface area contributed by atoms with E-state index < -0.39 is 23.3 Å². The molecule has 132 valence electrons. The fourth-order valence-electron chi connectivity index (χ4n) is 2.03. The summed E-state index contributed by atoms with van der Waals surface area (Å²) in [6.45, 7) is -0.396. The number of ether oxygens (including phenoxy) is 1. The highest BCUT2D eigenvalue weighted by molar-refractivity contribution is 5.92. The quantitative estimate of drug-likeness (QED) is 0.525. The van der Waals surface area contributed by atoms with Crippen molar-refractivity contribution in [3.8, 4) is 11.4 Å². The van der Waals surface area contributed by atoms with Crippen molar-refractivity contribution in [1.82, 2.24) is 20.2 Å². The molecule has 26 heavy (non-hydrogen) atoms. The molecule has 0 spiro atoms. The summed E-state index contributed by atoms with van der Waals surface area (Å²) in [7, 11) is 0. The molecule has 0 atom stereocenters. The van der Waals surface area contributed by atoms with E-state index in [-0.39, 0.29) is 17.1 Å². The number of hydrogen-bond acceptors (Lipinski definition) is 7. The van der Waals surface area contributed by atoms with Crippen LogP contribution < -0.4 is 10.1 Å². The van der Waals surface area contributed by atoms with Crippen molar-refractivity contribution in [2.45, 2.75) is 0 Å². The van der Waals surface area contributed by atoms with Gasteiger partial charge in [-0.25, -0.2) is 9.07 Å². The molecule has 3 rings (SSSR count). The molecule has 1 amide bonds. The SMILES string of the molecule is O=C(COc1ccc([N+](=O)[O-])cc1)Nc1cc(-n2cnnn2)ccc1F. The molecule has 0 bridgehead atoms. The first-order valence-corrected chi connectivity index (χ1v) is 7.23. The van der Waals surface area contributed by atoms with Crippen molar-refractivity contribution < 1.29 is 18.8 Å². The molecule has 0 aliphatic carbocycles. The van der Waals surface area contributed by atoms with Crippen LogP contribution >= 0.6 is 0 Å². The van der Waals surface area contributed by atoms with E-state index in [1.807, 2.05) is 0 Å². The number of amides is 1. The van der Waals surface area contributed by atoms with Crippen LogP contribution in [-0.2, 0) is 4.79 Å². The highest BCUT2D eigenvalue weighted by Gasteiger charge is 2.11. The Balaban J connectivity index is 1.63. The second kappa shape index (κ2) is 7.34. The third kappa shape index (κ3) is 3.95. The number of nitro groups is 1. The molecule has 10 nitrogen and oxygen atoms in total. The summed E-state index contributed by atoms with van der Waals surface area (Å²) in [5, 5.41) is 23.6. The Hall–Kier alpha value is -3.89. The van der Waals surface area contributed by atoms with E-state index in [0.29, 0.717) is 5.69 Å². The standard InChI is InChI=1S/C15H11FN6O4/c16-13-6-3-11(21-9-17-19-20-21)7-14(13)18-15(23)8-26-12-4-1-10(2-5-12)22(24)25/h1-7,9H,8H2,(H,18,23). The number of aromatic nitrogens is 4. The molecule has 1 aromatic heterocycles. The van der Waals surface area contributed by atoms with Crippen LogP contribution in [0.3, 0.4) is 0 Å². The summed E-state index contributed by atoms with van der Waals surface area (Å²) >= 11 is 0. The molecule has 1 heterocycles. The summed E-state index contributed by atoms with van der Waals surface area (Å²) in [6.07, 6.45) is 1.33. The van der Waals surface area contributed by atoms with Gasteiger partial charge in [-0.3, -0.25) is 14.9 Å². The number of carbonyl (C=O) groups excluding carboxylic acids is 1. The van der Waals surface area contributed by atoms with E-state index in [1.165, 1.54) is 53.5 Å². The second-order valence-electron chi connectivity index (χ2n) is 5.01. The van der Waals surface area contributed by atoms with E-state index >= 15 is 0 Å². The fourth-order valence-corrected chi connectivity index (χ4v) is 2.03. The topological polar surface area (TPSA) is 125 Å². The Bertz CT molecular complexity index is 930. The Labute approximate surface area is 145 Å². The molecule has 0 fully saturated rings. The number of nitro benzene ring substituents is 1. The number of carbonyl (C=O) groups is 1. The fraction of sp³-hybridized carbons (Fsp3) is 0.0667. The lowest BCUT2D eigenvalue weighted by Gasteiger charge is -2.09. The summed E-state index contributed by atoms with van der Waals surface area (Å²) in [4.78, 5) is 22.0. The van der Waals surface area contributed by atoms with Gasteiger partial charge < -0.3 is 10.1 Å². The lowest BCUT2D eigenvalue weighted by atomic mass is 10.2. The number of halogens is 1. The van der Waals surface area contributed by atoms with Crippen LogP contribution in [0.1, 0.15) is 0 Å². The number of hydrogen-bond donors (Lipinski definition) is 1. The van der Waals surface area contributed by atoms with Crippen molar-refractivity contribution in [1.29, 1.82) is 0 Å². The van der Waals surface area contributed by atoms with Crippen molar-refractivity contribution in [2.24, 2.45) is 0 Å². The van der Waals surface area contributed by atoms with Crippen LogP contribution in [0.15, 0.2) is 48.8 Å². The lowest BCUT2D eigenvalue weighted by molar-refractivity contribution is -0.384. The van der Waals surface area contributed by atoms with Gasteiger partial charge in [0.15, 0.2) is 6.61 Å². The second-order valence-corrected chi connectivity index (χ2v) is 5.01. The molecular formula is C15H11FN6O4. The van der Waals surface area contributed by atoms with Gasteiger partial charge in [0.2, 0.25) is 0 Å². The Kier molecular flexibility index (Phi) is 4.78. The van der Waals surface area contributed by atoms with Crippen LogP contribution in [0.25, 0.3) is 5.69 Å². The maximum atomic E-state index is 13.9. The molecule has 0 saturated carbocycles. The molecule has 0 saturated heterocycles. The predicted molar refractivity (Wildman–Crippen MR) is 86.3 cm³/mol. The van der Waals surface area contributed by atoms with Gasteiger partial charge in [-0.15, -0.1) is 5.10 Å². The minimum atomic E-state index is -0.634. The molecule has 0 radical (unpaired) electrons. The highest BCUT2D eigenvalue weighted by atomic mass is 19.1. The summed E-state index contributed by atoms with van der Waals surface area (Å²) in [5.74, 6) is -0.963. The Morgan fingerprint density at radius 2 is 2.04 bits per heavy atom. The molecule has 0 aliphatic rings. The van der Waals surface area contributed by atoms with Gasteiger partial charge >= 0.3 is 0 Å². The summed E-state index contributed by atoms with van der Waals surface area (Å²) < 4.78 is 20.4. The minimum Gasteiger partial charge on any atom is -0.484 e. The lowest BCUT2D eigenvalue weighted by Crippen LogP contribution is -2.21. The van der Waals surface area contributed by atoms with Crippen LogP contribution in [0.5, 0.6) is 5.75 Å². The zero-order valence-electron chi connectivity index (χ0n) is 13.1. The third-order valence-electron chi connectivity index (χ3n) is 3.26. The molecule has 11 heteroatoms. The largest absolute Gasteiger partial charge is 0.484 e. The van der Waals surface area contributed by atoms with Gasteiger partial charge in [0, 0.05) is 12.1 Å². The van der Waals surface area contributed by atoms with E-state index in [2.05, 4.69) is 20.8 Å². The molecule has 2 aromatic carbocycles. The van der Waals surface area contributed by atoms with E-state index in [0.717, 1.165) is 0 Å². The van der Waals surface area contributed by atoms with Gasteiger partial charge in [-0.1, -0.05) is 0 Å². The Morgan fingerprint density at radius 1 is 1.27 bits per heavy atom. The smallest absolute Gasteiger partial charge is 0.269 e. The van der Waals surface area contributed by atoms with Gasteiger partial charge in [-0.05, 0) is 40.8 Å². The van der Waals surface area contributed by atoms with E-state index in [9.17, 15) is 19.3 Å². The number of nitrogens with zero attached hydrogens (tertiary/aromatic N) is 5. The number of rotatable bonds is 6. The van der Waals surface area contributed by atoms with Gasteiger partial charge in [0.25, 0.3) is 11.6 Å². The number of non-ortho nitro benzene ring substituents is 1. The predicted octanol–water partition coefficient (Wildman–Crippen LogP) is 1.73. The zero-order chi connectivity index (χ0) is 18.5. The maximum absolute atomic E-state index is 13.9. The molecule has 1 N–H and O–H groups in total. The average Bonchev–Trinajstić information content (AvgIpc) is 3.17. The first kappa shape index (κ1) is 17.0. The zero-order valence-corrected chi connectivity index (χ0v) is 13.1. The van der Waals surface area contributed by atoms with Crippen LogP contribution in [0.2, 0.25) is 0 Å². The van der Waals surface area contributed by atoms with Crippen molar-refractivity contribution >= 4 is 17.3 Å². The van der Waals surface area contributed by atoms with Gasteiger partial charge in [-0.2, -0.15) is 0 Å². The van der Waals surface area contributed by atoms with Gasteiger partial charge in [0.1, 0.15) is 17.9 Å². The summed E-state index contributed by atoms with van der Waals surface area (Å²) in [6, 6.07) is 9.23. The maximum Gasteiger partial charge on any atom is 0.269 e. The van der Waals surface area contributed by atoms with Crippen molar-refractivity contribution in [3.63, 3.8) is 0 Å². The van der Waals surface area contributed by atoms with Crippen LogP contribution in [-0.4, -0.2) is 37.6 Å². The monoisotopic (exact) mass is 358 g/mol. The average molecular weight is 358 g/mol. The number of benzene rings is 2. The van der Waals surface area contributed by atoms with Crippen LogP contribution in [0.4, 0.5) is 15.8 Å². The number of anilines is 1. The van der Waals surface area contributed by atoms with Gasteiger partial charge in [0.05, 0.1) is 16.3 Å². The Morgan fingerprint density at radius 3 is 2.69 bits per heavy atom. The highest BCUT2D eigenvalue weighted by Crippen LogP contribution is 2.19. The normalized spacial score (nSPS) is 10.3. The number of nitrogens with one attached hydrogen (secondary N) is 1. The first-order valence-electron chi connectivity index (χ1n) is 7.23. The first-order chi connectivity index (χ1) is 12.5. The molecule has 3 aromatic rings. The van der Waals surface area contributed by atoms with Crippen LogP contribution in [0, 0.1) is 15.9 Å². The number of tetrazole rings is 1. The van der Waals surface area contributed by atoms with E-state index in [1.54, 1.807) is 0 Å².